The first-order valence-corrected chi connectivity index (χ1v) is 6.59. The van der Waals surface area contributed by atoms with Crippen LogP contribution < -0.4 is 5.32 Å². The van der Waals surface area contributed by atoms with E-state index in [1.165, 1.54) is 0 Å². The van der Waals surface area contributed by atoms with E-state index >= 15 is 0 Å². The second-order valence-electron chi connectivity index (χ2n) is 4.00. The molecule has 0 aliphatic carbocycles. The predicted octanol–water partition coefficient (Wildman–Crippen LogP) is 3.87. The van der Waals surface area contributed by atoms with E-state index in [1.54, 1.807) is 0 Å². The largest absolute Gasteiger partial charge is 0.444 e. The summed E-state index contributed by atoms with van der Waals surface area (Å²) >= 11 is 4.22. The Morgan fingerprint density at radius 2 is 1.74 bits per heavy atom. The Labute approximate surface area is 118 Å². The van der Waals surface area contributed by atoms with Gasteiger partial charge in [0.25, 0.3) is 0 Å². The smallest absolute Gasteiger partial charge is 0.411 e. The van der Waals surface area contributed by atoms with E-state index in [0.29, 0.717) is 5.75 Å². The summed E-state index contributed by atoms with van der Waals surface area (Å²) in [5, 5.41) is 2.72. The van der Waals surface area contributed by atoms with Gasteiger partial charge in [-0.05, 0) is 17.2 Å². The van der Waals surface area contributed by atoms with E-state index in [1.807, 2.05) is 54.6 Å². The number of hydrogen-bond donors (Lipinski definition) is 2. The van der Waals surface area contributed by atoms with Crippen molar-refractivity contribution in [3.63, 3.8) is 0 Å². The first-order chi connectivity index (χ1) is 9.29. The number of benzene rings is 2. The van der Waals surface area contributed by atoms with Crippen molar-refractivity contribution in [1.29, 1.82) is 0 Å². The molecule has 0 aliphatic rings. The van der Waals surface area contributed by atoms with Crippen molar-refractivity contribution in [1.82, 2.24) is 0 Å². The third-order valence-electron chi connectivity index (χ3n) is 2.64. The maximum absolute atomic E-state index is 11.7. The molecule has 0 bridgehead atoms. The van der Waals surface area contributed by atoms with Crippen LogP contribution in [0, 0.1) is 0 Å². The molecule has 1 N–H and O–H groups in total. The number of hydrogen-bond acceptors (Lipinski definition) is 3. The fourth-order valence-electron chi connectivity index (χ4n) is 1.65. The fourth-order valence-corrected chi connectivity index (χ4v) is 1.93. The zero-order valence-corrected chi connectivity index (χ0v) is 11.3. The normalized spacial score (nSPS) is 9.95. The number of carbonyl (C=O) groups is 1. The van der Waals surface area contributed by atoms with E-state index in [4.69, 9.17) is 4.74 Å². The number of ether oxygens (including phenoxy) is 1. The van der Waals surface area contributed by atoms with Gasteiger partial charge in [0, 0.05) is 11.4 Å². The summed E-state index contributed by atoms with van der Waals surface area (Å²) in [4.78, 5) is 11.7. The summed E-state index contributed by atoms with van der Waals surface area (Å²) in [6.45, 7) is 0.260. The van der Waals surface area contributed by atoms with Gasteiger partial charge in [0.1, 0.15) is 6.61 Å². The van der Waals surface area contributed by atoms with Crippen LogP contribution in [0.2, 0.25) is 0 Å². The van der Waals surface area contributed by atoms with Gasteiger partial charge in [0.2, 0.25) is 0 Å². The van der Waals surface area contributed by atoms with E-state index in [2.05, 4.69) is 17.9 Å². The SMILES string of the molecule is O=C(Nc1ccccc1CS)OCc1ccccc1. The van der Waals surface area contributed by atoms with Crippen LogP contribution in [-0.4, -0.2) is 6.09 Å². The van der Waals surface area contributed by atoms with Crippen LogP contribution in [0.15, 0.2) is 54.6 Å². The van der Waals surface area contributed by atoms with Crippen LogP contribution in [0.1, 0.15) is 11.1 Å². The monoisotopic (exact) mass is 273 g/mol. The zero-order valence-electron chi connectivity index (χ0n) is 10.4. The highest BCUT2D eigenvalue weighted by molar-refractivity contribution is 7.79. The Morgan fingerprint density at radius 1 is 1.05 bits per heavy atom. The lowest BCUT2D eigenvalue weighted by molar-refractivity contribution is 0.155. The quantitative estimate of drug-likeness (QED) is 0.830. The third-order valence-corrected chi connectivity index (χ3v) is 2.98. The lowest BCUT2D eigenvalue weighted by Crippen LogP contribution is -2.14. The molecule has 0 spiro atoms. The molecule has 0 fully saturated rings. The van der Waals surface area contributed by atoms with E-state index in [9.17, 15) is 4.79 Å². The van der Waals surface area contributed by atoms with Crippen LogP contribution in [0.5, 0.6) is 0 Å². The van der Waals surface area contributed by atoms with Crippen LogP contribution in [-0.2, 0) is 17.1 Å². The van der Waals surface area contributed by atoms with Crippen LogP contribution >= 0.6 is 12.6 Å². The van der Waals surface area contributed by atoms with Gasteiger partial charge in [-0.3, -0.25) is 5.32 Å². The fraction of sp³-hybridized carbons (Fsp3) is 0.133. The molecule has 0 aliphatic heterocycles. The topological polar surface area (TPSA) is 38.3 Å². The van der Waals surface area contributed by atoms with Gasteiger partial charge in [-0.1, -0.05) is 48.5 Å². The maximum Gasteiger partial charge on any atom is 0.411 e. The lowest BCUT2D eigenvalue weighted by atomic mass is 10.2. The molecule has 3 nitrogen and oxygen atoms in total. The van der Waals surface area contributed by atoms with Gasteiger partial charge in [-0.2, -0.15) is 12.6 Å². The summed E-state index contributed by atoms with van der Waals surface area (Å²) in [6, 6.07) is 17.1. The number of thiol groups is 1. The number of anilines is 1. The van der Waals surface area contributed by atoms with Crippen LogP contribution in [0.4, 0.5) is 10.5 Å². The van der Waals surface area contributed by atoms with Crippen molar-refractivity contribution in [2.24, 2.45) is 0 Å². The summed E-state index contributed by atoms with van der Waals surface area (Å²) in [5.41, 5.74) is 2.65. The van der Waals surface area contributed by atoms with Crippen molar-refractivity contribution in [2.45, 2.75) is 12.4 Å². The molecule has 98 valence electrons. The number of nitrogens with one attached hydrogen (secondary N) is 1. The van der Waals surface area contributed by atoms with Crippen molar-refractivity contribution in [3.8, 4) is 0 Å². The minimum atomic E-state index is -0.460. The Bertz CT molecular complexity index is 543. The molecule has 0 saturated carbocycles. The number of para-hydroxylation sites is 1. The Morgan fingerprint density at radius 3 is 2.47 bits per heavy atom. The first-order valence-electron chi connectivity index (χ1n) is 5.96. The van der Waals surface area contributed by atoms with E-state index in [0.717, 1.165) is 16.8 Å². The molecule has 0 atom stereocenters. The minimum absolute atomic E-state index is 0.260. The molecule has 0 saturated heterocycles. The van der Waals surface area contributed by atoms with Gasteiger partial charge in [-0.25, -0.2) is 4.79 Å². The van der Waals surface area contributed by atoms with E-state index in [-0.39, 0.29) is 6.61 Å². The standard InChI is InChI=1S/C15H15NO2S/c17-15(18-10-12-6-2-1-3-7-12)16-14-9-5-4-8-13(14)11-19/h1-9,19H,10-11H2,(H,16,17). The van der Waals surface area contributed by atoms with Crippen molar-refractivity contribution >= 4 is 24.4 Å². The molecular formula is C15H15NO2S. The molecule has 1 amide bonds. The Kier molecular flexibility index (Phi) is 4.86. The minimum Gasteiger partial charge on any atom is -0.444 e. The summed E-state index contributed by atoms with van der Waals surface area (Å²) in [6.07, 6.45) is -0.460. The average Bonchev–Trinajstić information content (AvgIpc) is 2.47. The second-order valence-corrected chi connectivity index (χ2v) is 4.32. The van der Waals surface area contributed by atoms with E-state index < -0.39 is 6.09 Å². The lowest BCUT2D eigenvalue weighted by Gasteiger charge is -2.10. The summed E-state index contributed by atoms with van der Waals surface area (Å²) in [5.74, 6) is 0.565. The van der Waals surface area contributed by atoms with Gasteiger partial charge in [0.15, 0.2) is 0 Å². The van der Waals surface area contributed by atoms with Crippen LogP contribution in [0.25, 0.3) is 0 Å². The van der Waals surface area contributed by atoms with Crippen molar-refractivity contribution in [3.05, 3.63) is 65.7 Å². The number of carbonyl (C=O) groups excluding carboxylic acids is 1. The molecule has 19 heavy (non-hydrogen) atoms. The summed E-state index contributed by atoms with van der Waals surface area (Å²) in [7, 11) is 0. The highest BCUT2D eigenvalue weighted by Crippen LogP contribution is 2.17. The first kappa shape index (κ1) is 13.5. The molecule has 0 aromatic heterocycles. The summed E-state index contributed by atoms with van der Waals surface area (Å²) < 4.78 is 5.16. The molecule has 0 radical (unpaired) electrons. The van der Waals surface area contributed by atoms with Gasteiger partial charge in [-0.15, -0.1) is 0 Å². The highest BCUT2D eigenvalue weighted by atomic mass is 32.1. The average molecular weight is 273 g/mol. The number of rotatable bonds is 4. The molecule has 2 aromatic carbocycles. The zero-order chi connectivity index (χ0) is 13.5. The van der Waals surface area contributed by atoms with Crippen molar-refractivity contribution < 1.29 is 9.53 Å². The molecule has 2 rings (SSSR count). The second kappa shape index (κ2) is 6.85. The van der Waals surface area contributed by atoms with Gasteiger partial charge >= 0.3 is 6.09 Å². The van der Waals surface area contributed by atoms with Gasteiger partial charge in [0.05, 0.1) is 0 Å². The van der Waals surface area contributed by atoms with Crippen molar-refractivity contribution in [2.75, 3.05) is 5.32 Å². The Hall–Kier alpha value is -1.94. The highest BCUT2D eigenvalue weighted by Gasteiger charge is 2.06. The molecule has 0 heterocycles. The molecule has 4 heteroatoms. The Balaban J connectivity index is 1.91. The maximum atomic E-state index is 11.7. The predicted molar refractivity (Wildman–Crippen MR) is 79.4 cm³/mol. The molecular weight excluding hydrogens is 258 g/mol. The molecule has 0 unspecified atom stereocenters. The molecule has 2 aromatic rings. The third kappa shape index (κ3) is 4.03. The number of amides is 1. The van der Waals surface area contributed by atoms with Gasteiger partial charge < -0.3 is 4.74 Å². The van der Waals surface area contributed by atoms with Crippen LogP contribution in [0.3, 0.4) is 0 Å².